The molecule has 1 aliphatic rings. The van der Waals surface area contributed by atoms with Gasteiger partial charge in [0, 0.05) is 29.9 Å². The highest BCUT2D eigenvalue weighted by Crippen LogP contribution is 2.25. The van der Waals surface area contributed by atoms with Crippen molar-refractivity contribution < 1.29 is 9.90 Å². The van der Waals surface area contributed by atoms with Crippen LogP contribution in [0.5, 0.6) is 0 Å². The van der Waals surface area contributed by atoms with Crippen LogP contribution in [-0.2, 0) is 4.79 Å². The number of carboxylic acid groups (broad SMARTS) is 1. The molecule has 1 aromatic rings. The maximum Gasteiger partial charge on any atom is 0.328 e. The van der Waals surface area contributed by atoms with E-state index >= 15 is 0 Å². The Bertz CT molecular complexity index is 485. The summed E-state index contributed by atoms with van der Waals surface area (Å²) in [6.07, 6.45) is 3.60. The van der Waals surface area contributed by atoms with E-state index in [4.69, 9.17) is 5.11 Å². The van der Waals surface area contributed by atoms with Crippen molar-refractivity contribution in [2.45, 2.75) is 19.3 Å². The number of hydrogen-bond donors (Lipinski definition) is 1. The van der Waals surface area contributed by atoms with Crippen LogP contribution in [0, 0.1) is 6.92 Å². The molecular weight excluding hydrogens is 230 g/mol. The van der Waals surface area contributed by atoms with Gasteiger partial charge in [0.15, 0.2) is 5.82 Å². The highest BCUT2D eigenvalue weighted by molar-refractivity contribution is 5.84. The van der Waals surface area contributed by atoms with Crippen molar-refractivity contribution in [2.24, 2.45) is 0 Å². The van der Waals surface area contributed by atoms with Crippen molar-refractivity contribution in [2.75, 3.05) is 20.1 Å². The van der Waals surface area contributed by atoms with Gasteiger partial charge in [-0.25, -0.2) is 14.8 Å². The molecular formula is C13H17N3O2. The van der Waals surface area contributed by atoms with Gasteiger partial charge in [-0.05, 0) is 39.1 Å². The minimum absolute atomic E-state index is 0.425. The van der Waals surface area contributed by atoms with Gasteiger partial charge in [-0.15, -0.1) is 0 Å². The molecule has 0 radical (unpaired) electrons. The smallest absolute Gasteiger partial charge is 0.328 e. The number of carboxylic acids is 1. The molecule has 2 heterocycles. The first kappa shape index (κ1) is 12.7. The summed E-state index contributed by atoms with van der Waals surface area (Å²) in [6, 6.07) is 1.99. The zero-order valence-electron chi connectivity index (χ0n) is 10.6. The molecule has 1 fully saturated rings. The predicted molar refractivity (Wildman–Crippen MR) is 68.3 cm³/mol. The third-order valence-corrected chi connectivity index (χ3v) is 3.08. The molecule has 0 bridgehead atoms. The molecule has 1 aromatic heterocycles. The lowest BCUT2D eigenvalue weighted by Crippen LogP contribution is -2.14. The Morgan fingerprint density at radius 1 is 1.56 bits per heavy atom. The fraction of sp³-hybridized carbons (Fsp3) is 0.462. The van der Waals surface area contributed by atoms with E-state index in [-0.39, 0.29) is 0 Å². The standard InChI is InChI=1S/C13H17N3O2/c1-9-7-11(10-5-6-16(2)8-10)15-12(14-9)3-4-13(17)18/h3-4,7,10H,5-6,8H2,1-2H3,(H,17,18)/b4-3+. The van der Waals surface area contributed by atoms with E-state index in [1.807, 2.05) is 13.0 Å². The Balaban J connectivity index is 2.23. The lowest BCUT2D eigenvalue weighted by atomic mass is 10.0. The number of hydrogen-bond acceptors (Lipinski definition) is 4. The molecule has 0 amide bonds. The number of likely N-dealkylation sites (N-methyl/N-ethyl adjacent to an activating group) is 1. The number of carbonyl (C=O) groups is 1. The van der Waals surface area contributed by atoms with Gasteiger partial charge in [0.2, 0.25) is 0 Å². The van der Waals surface area contributed by atoms with E-state index in [0.29, 0.717) is 11.7 Å². The fourth-order valence-corrected chi connectivity index (χ4v) is 2.22. The molecule has 1 unspecified atom stereocenters. The first-order chi connectivity index (χ1) is 8.54. The second-order valence-corrected chi connectivity index (χ2v) is 4.71. The molecule has 5 nitrogen and oxygen atoms in total. The van der Waals surface area contributed by atoms with Crippen molar-refractivity contribution >= 4 is 12.0 Å². The number of aryl methyl sites for hydroxylation is 1. The van der Waals surface area contributed by atoms with E-state index in [1.165, 1.54) is 6.08 Å². The second kappa shape index (κ2) is 5.27. The summed E-state index contributed by atoms with van der Waals surface area (Å²) in [6.45, 7) is 3.98. The molecule has 0 saturated carbocycles. The summed E-state index contributed by atoms with van der Waals surface area (Å²) in [5.41, 5.74) is 1.89. The molecule has 1 saturated heterocycles. The molecule has 0 aromatic carbocycles. The van der Waals surface area contributed by atoms with Crippen molar-refractivity contribution in [3.63, 3.8) is 0 Å². The molecule has 1 aliphatic heterocycles. The maximum absolute atomic E-state index is 10.5. The highest BCUT2D eigenvalue weighted by Gasteiger charge is 2.22. The first-order valence-electron chi connectivity index (χ1n) is 6.00. The molecule has 96 valence electrons. The molecule has 5 heteroatoms. The maximum atomic E-state index is 10.5. The van der Waals surface area contributed by atoms with E-state index in [9.17, 15) is 4.79 Å². The molecule has 1 atom stereocenters. The lowest BCUT2D eigenvalue weighted by molar-refractivity contribution is -0.131. The quantitative estimate of drug-likeness (QED) is 0.815. The molecule has 1 N–H and O–H groups in total. The first-order valence-corrected chi connectivity index (χ1v) is 6.00. The topological polar surface area (TPSA) is 66.3 Å². The summed E-state index contributed by atoms with van der Waals surface area (Å²) in [7, 11) is 2.10. The highest BCUT2D eigenvalue weighted by atomic mass is 16.4. The third kappa shape index (κ3) is 3.13. The van der Waals surface area contributed by atoms with Crippen LogP contribution in [0.15, 0.2) is 12.1 Å². The summed E-state index contributed by atoms with van der Waals surface area (Å²) in [4.78, 5) is 21.4. The van der Waals surface area contributed by atoms with Gasteiger partial charge in [0.05, 0.1) is 0 Å². The van der Waals surface area contributed by atoms with E-state index < -0.39 is 5.97 Å². The van der Waals surface area contributed by atoms with Crippen molar-refractivity contribution in [1.82, 2.24) is 14.9 Å². The summed E-state index contributed by atoms with van der Waals surface area (Å²) in [5, 5.41) is 8.61. The Kier molecular flexibility index (Phi) is 3.72. The zero-order valence-corrected chi connectivity index (χ0v) is 10.6. The van der Waals surface area contributed by atoms with E-state index in [2.05, 4.69) is 21.9 Å². The number of aliphatic carboxylic acids is 1. The molecule has 0 aliphatic carbocycles. The van der Waals surface area contributed by atoms with Crippen LogP contribution in [0.3, 0.4) is 0 Å². The average Bonchev–Trinajstić information content (AvgIpc) is 2.72. The van der Waals surface area contributed by atoms with Crippen LogP contribution in [0.4, 0.5) is 0 Å². The van der Waals surface area contributed by atoms with Gasteiger partial charge in [-0.3, -0.25) is 0 Å². The van der Waals surface area contributed by atoms with Crippen LogP contribution >= 0.6 is 0 Å². The van der Waals surface area contributed by atoms with Crippen LogP contribution in [0.25, 0.3) is 6.08 Å². The summed E-state index contributed by atoms with van der Waals surface area (Å²) < 4.78 is 0. The van der Waals surface area contributed by atoms with E-state index in [0.717, 1.165) is 37.0 Å². The minimum atomic E-state index is -0.984. The van der Waals surface area contributed by atoms with E-state index in [1.54, 1.807) is 0 Å². The van der Waals surface area contributed by atoms with Gasteiger partial charge in [0.25, 0.3) is 0 Å². The normalized spacial score (nSPS) is 20.7. The average molecular weight is 247 g/mol. The van der Waals surface area contributed by atoms with Gasteiger partial charge in [-0.1, -0.05) is 0 Å². The third-order valence-electron chi connectivity index (χ3n) is 3.08. The fourth-order valence-electron chi connectivity index (χ4n) is 2.22. The SMILES string of the molecule is Cc1cc(C2CCN(C)C2)nc(/C=C/C(=O)O)n1. The van der Waals surface area contributed by atoms with Crippen molar-refractivity contribution in [1.29, 1.82) is 0 Å². The summed E-state index contributed by atoms with van der Waals surface area (Å²) >= 11 is 0. The van der Waals surface area contributed by atoms with Crippen LogP contribution in [0.1, 0.15) is 29.6 Å². The van der Waals surface area contributed by atoms with Gasteiger partial charge < -0.3 is 10.0 Å². The molecule has 18 heavy (non-hydrogen) atoms. The van der Waals surface area contributed by atoms with Gasteiger partial charge >= 0.3 is 5.97 Å². The predicted octanol–water partition coefficient (Wildman–Crippen LogP) is 1.30. The Labute approximate surface area is 106 Å². The van der Waals surface area contributed by atoms with Crippen molar-refractivity contribution in [3.05, 3.63) is 29.4 Å². The zero-order chi connectivity index (χ0) is 13.1. The van der Waals surface area contributed by atoms with Crippen LogP contribution < -0.4 is 0 Å². The number of nitrogens with zero attached hydrogens (tertiary/aromatic N) is 3. The number of aromatic nitrogens is 2. The number of likely N-dealkylation sites (tertiary alicyclic amines) is 1. The van der Waals surface area contributed by atoms with Crippen molar-refractivity contribution in [3.8, 4) is 0 Å². The monoisotopic (exact) mass is 247 g/mol. The lowest BCUT2D eigenvalue weighted by Gasteiger charge is -2.11. The second-order valence-electron chi connectivity index (χ2n) is 4.71. The molecule has 0 spiro atoms. The Hall–Kier alpha value is -1.75. The van der Waals surface area contributed by atoms with Gasteiger partial charge in [0.1, 0.15) is 0 Å². The van der Waals surface area contributed by atoms with Crippen LogP contribution in [0.2, 0.25) is 0 Å². The Morgan fingerprint density at radius 2 is 2.33 bits per heavy atom. The summed E-state index contributed by atoms with van der Waals surface area (Å²) in [5.74, 6) is -0.0853. The Morgan fingerprint density at radius 3 is 2.94 bits per heavy atom. The largest absolute Gasteiger partial charge is 0.478 e. The van der Waals surface area contributed by atoms with Gasteiger partial charge in [-0.2, -0.15) is 0 Å². The number of rotatable bonds is 3. The van der Waals surface area contributed by atoms with Crippen LogP contribution in [-0.4, -0.2) is 46.1 Å². The minimum Gasteiger partial charge on any atom is -0.478 e. The molecule has 2 rings (SSSR count).